The van der Waals surface area contributed by atoms with Crippen LogP contribution in [0.4, 0.5) is 4.39 Å². The molecule has 1 aromatic heterocycles. The summed E-state index contributed by atoms with van der Waals surface area (Å²) < 4.78 is 14.5. The molecule has 5 nitrogen and oxygen atoms in total. The predicted molar refractivity (Wildman–Crippen MR) is 84.1 cm³/mol. The zero-order valence-corrected chi connectivity index (χ0v) is 13.5. The largest absolute Gasteiger partial charge is 0.350 e. The number of rotatable bonds is 4. The maximum Gasteiger partial charge on any atom is 0.272 e. The van der Waals surface area contributed by atoms with Crippen LogP contribution in [0.5, 0.6) is 0 Å². The minimum Gasteiger partial charge on any atom is -0.350 e. The molecule has 2 aromatic rings. The van der Waals surface area contributed by atoms with E-state index >= 15 is 0 Å². The highest BCUT2D eigenvalue weighted by Gasteiger charge is 2.21. The number of carbonyl (C=O) groups excluding carboxylic acids is 1. The molecule has 3 rings (SSSR count). The molecule has 0 fully saturated rings. The maximum atomic E-state index is 13.6. The third kappa shape index (κ3) is 3.20. The van der Waals surface area contributed by atoms with Crippen molar-refractivity contribution in [3.05, 3.63) is 51.0 Å². The van der Waals surface area contributed by atoms with E-state index in [1.54, 1.807) is 12.1 Å². The minimum absolute atomic E-state index is 0.225. The van der Waals surface area contributed by atoms with Crippen molar-refractivity contribution in [3.8, 4) is 0 Å². The fourth-order valence-electron chi connectivity index (χ4n) is 2.54. The second-order valence-electron chi connectivity index (χ2n) is 5.20. The molecule has 2 heterocycles. The van der Waals surface area contributed by atoms with Gasteiger partial charge in [-0.2, -0.15) is 5.10 Å². The summed E-state index contributed by atoms with van der Waals surface area (Å²) in [5, 5.41) is 13.0. The van der Waals surface area contributed by atoms with Crippen molar-refractivity contribution in [1.82, 2.24) is 20.8 Å². The smallest absolute Gasteiger partial charge is 0.272 e. The third-order valence-electron chi connectivity index (χ3n) is 3.71. The topological polar surface area (TPSA) is 69.8 Å². The first-order valence-corrected chi connectivity index (χ1v) is 7.93. The van der Waals surface area contributed by atoms with Crippen LogP contribution in [-0.4, -0.2) is 29.2 Å². The summed E-state index contributed by atoms with van der Waals surface area (Å²) in [7, 11) is 0. The highest BCUT2D eigenvalue weighted by atomic mass is 79.9. The van der Waals surface area contributed by atoms with Gasteiger partial charge in [0.2, 0.25) is 0 Å². The molecule has 116 valence electrons. The molecule has 3 N–H and O–H groups in total. The Kier molecular flexibility index (Phi) is 4.54. The van der Waals surface area contributed by atoms with Gasteiger partial charge in [-0.25, -0.2) is 4.39 Å². The number of aromatic amines is 1. The maximum absolute atomic E-state index is 13.6. The second kappa shape index (κ2) is 6.58. The number of amides is 1. The Hall–Kier alpha value is -1.73. The monoisotopic (exact) mass is 366 g/mol. The number of nitrogens with one attached hydrogen (secondary N) is 3. The van der Waals surface area contributed by atoms with Crippen molar-refractivity contribution in [1.29, 1.82) is 0 Å². The second-order valence-corrected chi connectivity index (χ2v) is 6.11. The molecule has 7 heteroatoms. The van der Waals surface area contributed by atoms with Gasteiger partial charge in [0.1, 0.15) is 5.82 Å². The zero-order chi connectivity index (χ0) is 15.5. The van der Waals surface area contributed by atoms with Gasteiger partial charge in [-0.3, -0.25) is 9.89 Å². The van der Waals surface area contributed by atoms with Crippen molar-refractivity contribution in [2.24, 2.45) is 0 Å². The van der Waals surface area contributed by atoms with Crippen molar-refractivity contribution in [2.45, 2.75) is 19.4 Å². The van der Waals surface area contributed by atoms with Gasteiger partial charge in [0.15, 0.2) is 5.69 Å². The van der Waals surface area contributed by atoms with Gasteiger partial charge in [-0.15, -0.1) is 0 Å². The molecular weight excluding hydrogens is 351 g/mol. The number of benzene rings is 1. The lowest BCUT2D eigenvalue weighted by Gasteiger charge is -2.13. The van der Waals surface area contributed by atoms with Crippen LogP contribution in [0, 0.1) is 5.82 Å². The first kappa shape index (κ1) is 15.2. The lowest BCUT2D eigenvalue weighted by Crippen LogP contribution is -2.29. The van der Waals surface area contributed by atoms with Gasteiger partial charge < -0.3 is 10.6 Å². The van der Waals surface area contributed by atoms with Gasteiger partial charge >= 0.3 is 0 Å². The third-order valence-corrected chi connectivity index (χ3v) is 4.20. The van der Waals surface area contributed by atoms with Gasteiger partial charge in [0.05, 0.1) is 0 Å². The summed E-state index contributed by atoms with van der Waals surface area (Å²) in [6.07, 6.45) is 1.28. The average Bonchev–Trinajstić information content (AvgIpc) is 2.94. The highest BCUT2D eigenvalue weighted by molar-refractivity contribution is 9.10. The van der Waals surface area contributed by atoms with Crippen molar-refractivity contribution in [3.63, 3.8) is 0 Å². The van der Waals surface area contributed by atoms with Gasteiger partial charge in [-0.1, -0.05) is 15.9 Å². The van der Waals surface area contributed by atoms with Crippen LogP contribution < -0.4 is 10.6 Å². The fraction of sp³-hybridized carbons (Fsp3) is 0.333. The average molecular weight is 367 g/mol. The Morgan fingerprint density at radius 3 is 3.18 bits per heavy atom. The van der Waals surface area contributed by atoms with Crippen molar-refractivity contribution >= 4 is 21.8 Å². The molecule has 0 spiro atoms. The Bertz CT molecular complexity index is 701. The first-order chi connectivity index (χ1) is 10.6. The van der Waals surface area contributed by atoms with Crippen LogP contribution in [0.3, 0.4) is 0 Å². The molecule has 0 saturated carbocycles. The van der Waals surface area contributed by atoms with Gasteiger partial charge in [0.25, 0.3) is 5.91 Å². The molecule has 0 saturated heterocycles. The SMILES string of the molecule is O=C(NCCc1cc(Br)ccc1F)c1n[nH]c2c1CNCC2. The lowest BCUT2D eigenvalue weighted by molar-refractivity contribution is 0.0948. The van der Waals surface area contributed by atoms with E-state index in [0.29, 0.717) is 30.8 Å². The Morgan fingerprint density at radius 1 is 1.45 bits per heavy atom. The van der Waals surface area contributed by atoms with Crippen LogP contribution >= 0.6 is 15.9 Å². The number of carbonyl (C=O) groups is 1. The van der Waals surface area contributed by atoms with Crippen LogP contribution in [-0.2, 0) is 19.4 Å². The molecule has 0 radical (unpaired) electrons. The standard InChI is InChI=1S/C15H16BrFN4O/c16-10-1-2-12(17)9(7-10)3-6-19-15(22)14-11-8-18-5-4-13(11)20-21-14/h1-2,7,18H,3-6,8H2,(H,19,22)(H,20,21). The summed E-state index contributed by atoms with van der Waals surface area (Å²) in [5.74, 6) is -0.490. The first-order valence-electron chi connectivity index (χ1n) is 7.14. The zero-order valence-electron chi connectivity index (χ0n) is 11.9. The number of hydrogen-bond donors (Lipinski definition) is 3. The number of H-pyrrole nitrogens is 1. The Morgan fingerprint density at radius 2 is 2.32 bits per heavy atom. The summed E-state index contributed by atoms with van der Waals surface area (Å²) in [6.45, 7) is 1.90. The predicted octanol–water partition coefficient (Wildman–Crippen LogP) is 1.93. The number of aromatic nitrogens is 2. The number of halogens is 2. The summed E-state index contributed by atoms with van der Waals surface area (Å²) in [4.78, 5) is 12.2. The lowest BCUT2D eigenvalue weighted by atomic mass is 10.1. The Balaban J connectivity index is 1.61. The molecule has 22 heavy (non-hydrogen) atoms. The van der Waals surface area contributed by atoms with Crippen LogP contribution in [0.2, 0.25) is 0 Å². The molecule has 0 aliphatic carbocycles. The van der Waals surface area contributed by atoms with E-state index in [2.05, 4.69) is 36.8 Å². The number of fused-ring (bicyclic) bond motifs is 1. The van der Waals surface area contributed by atoms with E-state index in [9.17, 15) is 9.18 Å². The quantitative estimate of drug-likeness (QED) is 0.774. The van der Waals surface area contributed by atoms with Crippen LogP contribution in [0.25, 0.3) is 0 Å². The van der Waals surface area contributed by atoms with E-state index in [1.165, 1.54) is 6.07 Å². The molecule has 1 aromatic carbocycles. The summed E-state index contributed by atoms with van der Waals surface area (Å²) in [5.41, 5.74) is 2.94. The molecule has 1 aliphatic heterocycles. The van der Waals surface area contributed by atoms with Gasteiger partial charge in [0, 0.05) is 41.8 Å². The fourth-order valence-corrected chi connectivity index (χ4v) is 2.95. The van der Waals surface area contributed by atoms with Gasteiger partial charge in [-0.05, 0) is 30.2 Å². The number of hydrogen-bond acceptors (Lipinski definition) is 3. The molecule has 0 unspecified atom stereocenters. The summed E-state index contributed by atoms with van der Waals surface area (Å²) in [6, 6.07) is 4.79. The van der Waals surface area contributed by atoms with E-state index in [-0.39, 0.29) is 11.7 Å². The van der Waals surface area contributed by atoms with Crippen LogP contribution in [0.15, 0.2) is 22.7 Å². The van der Waals surface area contributed by atoms with E-state index < -0.39 is 0 Å². The van der Waals surface area contributed by atoms with E-state index in [4.69, 9.17) is 0 Å². The van der Waals surface area contributed by atoms with Crippen LogP contribution in [0.1, 0.15) is 27.3 Å². The normalized spacial score (nSPS) is 13.7. The Labute approximate surface area is 135 Å². The minimum atomic E-state index is -0.265. The molecule has 0 atom stereocenters. The van der Waals surface area contributed by atoms with Crippen molar-refractivity contribution in [2.75, 3.05) is 13.1 Å². The number of nitrogens with zero attached hydrogens (tertiary/aromatic N) is 1. The molecule has 1 aliphatic rings. The molecule has 0 bridgehead atoms. The summed E-state index contributed by atoms with van der Waals surface area (Å²) >= 11 is 3.31. The van der Waals surface area contributed by atoms with E-state index in [1.807, 2.05) is 0 Å². The van der Waals surface area contributed by atoms with E-state index in [0.717, 1.165) is 28.7 Å². The molecular formula is C15H16BrFN4O. The highest BCUT2D eigenvalue weighted by Crippen LogP contribution is 2.17. The molecule has 1 amide bonds. The van der Waals surface area contributed by atoms with Crippen molar-refractivity contribution < 1.29 is 9.18 Å².